The van der Waals surface area contributed by atoms with E-state index in [1.807, 2.05) is 44.3 Å². The number of carbonyl (C=O) groups is 1. The van der Waals surface area contributed by atoms with Crippen molar-refractivity contribution in [1.29, 1.82) is 0 Å². The fourth-order valence-corrected chi connectivity index (χ4v) is 3.31. The van der Waals surface area contributed by atoms with Crippen molar-refractivity contribution < 1.29 is 4.79 Å². The van der Waals surface area contributed by atoms with E-state index in [0.29, 0.717) is 12.2 Å². The Kier molecular flexibility index (Phi) is 5.08. The molecule has 1 fully saturated rings. The summed E-state index contributed by atoms with van der Waals surface area (Å²) in [6.45, 7) is 6.31. The molecule has 0 bridgehead atoms. The van der Waals surface area contributed by atoms with E-state index in [9.17, 15) is 9.59 Å². The molecule has 1 saturated heterocycles. The van der Waals surface area contributed by atoms with Crippen LogP contribution in [-0.4, -0.2) is 39.8 Å². The van der Waals surface area contributed by atoms with Gasteiger partial charge < -0.3 is 5.32 Å². The van der Waals surface area contributed by atoms with E-state index in [-0.39, 0.29) is 11.5 Å². The number of likely N-dealkylation sites (tertiary alicyclic amines) is 1. The van der Waals surface area contributed by atoms with Crippen molar-refractivity contribution in [2.45, 2.75) is 26.7 Å². The number of nitrogens with one attached hydrogen (secondary N) is 1. The molecule has 1 aliphatic heterocycles. The van der Waals surface area contributed by atoms with Gasteiger partial charge in [-0.2, -0.15) is 0 Å². The maximum atomic E-state index is 12.8. The van der Waals surface area contributed by atoms with Crippen molar-refractivity contribution in [3.63, 3.8) is 0 Å². The summed E-state index contributed by atoms with van der Waals surface area (Å²) in [6.07, 6.45) is 2.25. The topological polar surface area (TPSA) is 59.3 Å². The summed E-state index contributed by atoms with van der Waals surface area (Å²) in [5.41, 5.74) is 1.69. The van der Waals surface area contributed by atoms with Gasteiger partial charge in [-0.05, 0) is 50.9 Å². The molecule has 1 aromatic heterocycles. The zero-order valence-corrected chi connectivity index (χ0v) is 15.2. The van der Waals surface area contributed by atoms with Crippen LogP contribution in [0, 0.1) is 12.8 Å². The number of anilines is 1. The SMILES string of the molecule is Cc1c(NC(=O)CN2CCC(C)CC2)c(=O)n(-c2ccccc2)n1C. The summed E-state index contributed by atoms with van der Waals surface area (Å²) >= 11 is 0. The quantitative estimate of drug-likeness (QED) is 0.926. The maximum absolute atomic E-state index is 12.8. The van der Waals surface area contributed by atoms with Crippen molar-refractivity contribution in [2.24, 2.45) is 13.0 Å². The van der Waals surface area contributed by atoms with Crippen molar-refractivity contribution in [2.75, 3.05) is 25.0 Å². The lowest BCUT2D eigenvalue weighted by atomic mass is 9.99. The minimum absolute atomic E-state index is 0.124. The van der Waals surface area contributed by atoms with Gasteiger partial charge in [0.15, 0.2) is 0 Å². The number of aromatic nitrogens is 2. The highest BCUT2D eigenvalue weighted by molar-refractivity contribution is 5.92. The van der Waals surface area contributed by atoms with Crippen LogP contribution >= 0.6 is 0 Å². The molecular weight excluding hydrogens is 316 g/mol. The molecule has 1 amide bonds. The Balaban J connectivity index is 1.77. The monoisotopic (exact) mass is 342 g/mol. The molecule has 0 saturated carbocycles. The third-order valence-corrected chi connectivity index (χ3v) is 5.06. The summed E-state index contributed by atoms with van der Waals surface area (Å²) < 4.78 is 3.35. The van der Waals surface area contributed by atoms with Gasteiger partial charge in [-0.15, -0.1) is 0 Å². The van der Waals surface area contributed by atoms with Crippen LogP contribution in [0.1, 0.15) is 25.5 Å². The van der Waals surface area contributed by atoms with Gasteiger partial charge in [-0.1, -0.05) is 25.1 Å². The van der Waals surface area contributed by atoms with E-state index in [1.54, 1.807) is 9.36 Å². The zero-order chi connectivity index (χ0) is 18.0. The summed E-state index contributed by atoms with van der Waals surface area (Å²) in [5.74, 6) is 0.606. The summed E-state index contributed by atoms with van der Waals surface area (Å²) in [5, 5.41) is 2.83. The van der Waals surface area contributed by atoms with Gasteiger partial charge in [0.25, 0.3) is 5.56 Å². The first-order chi connectivity index (χ1) is 12.0. The van der Waals surface area contributed by atoms with Crippen molar-refractivity contribution in [3.05, 3.63) is 46.4 Å². The van der Waals surface area contributed by atoms with Crippen LogP contribution in [0.3, 0.4) is 0 Å². The highest BCUT2D eigenvalue weighted by Crippen LogP contribution is 2.17. The maximum Gasteiger partial charge on any atom is 0.295 e. The fourth-order valence-electron chi connectivity index (χ4n) is 3.31. The number of hydrogen-bond acceptors (Lipinski definition) is 3. The normalized spacial score (nSPS) is 16.1. The van der Waals surface area contributed by atoms with Crippen LogP contribution in [0.15, 0.2) is 35.1 Å². The van der Waals surface area contributed by atoms with Crippen LogP contribution in [0.5, 0.6) is 0 Å². The molecule has 134 valence electrons. The van der Waals surface area contributed by atoms with Crippen molar-refractivity contribution in [3.8, 4) is 5.69 Å². The second kappa shape index (κ2) is 7.27. The number of benzene rings is 1. The largest absolute Gasteiger partial charge is 0.319 e. The van der Waals surface area contributed by atoms with Crippen LogP contribution in [0.25, 0.3) is 5.69 Å². The molecule has 1 aromatic carbocycles. The smallest absolute Gasteiger partial charge is 0.295 e. The van der Waals surface area contributed by atoms with Gasteiger partial charge in [0.2, 0.25) is 5.91 Å². The predicted molar refractivity (Wildman–Crippen MR) is 99.2 cm³/mol. The molecule has 1 aliphatic rings. The minimum Gasteiger partial charge on any atom is -0.319 e. The molecule has 0 spiro atoms. The summed E-state index contributed by atoms with van der Waals surface area (Å²) in [6, 6.07) is 9.44. The first-order valence-electron chi connectivity index (χ1n) is 8.83. The van der Waals surface area contributed by atoms with E-state index < -0.39 is 0 Å². The van der Waals surface area contributed by atoms with Gasteiger partial charge in [-0.25, -0.2) is 4.68 Å². The number of rotatable bonds is 4. The first-order valence-corrected chi connectivity index (χ1v) is 8.83. The molecule has 6 nitrogen and oxygen atoms in total. The summed E-state index contributed by atoms with van der Waals surface area (Å²) in [4.78, 5) is 27.4. The molecule has 0 atom stereocenters. The minimum atomic E-state index is -0.202. The number of para-hydroxylation sites is 1. The molecule has 6 heteroatoms. The van der Waals surface area contributed by atoms with E-state index in [2.05, 4.69) is 17.1 Å². The number of nitrogens with zero attached hydrogens (tertiary/aromatic N) is 3. The highest BCUT2D eigenvalue weighted by Gasteiger charge is 2.21. The van der Waals surface area contributed by atoms with Crippen molar-refractivity contribution in [1.82, 2.24) is 14.3 Å². The predicted octanol–water partition coefficient (Wildman–Crippen LogP) is 2.15. The lowest BCUT2D eigenvalue weighted by molar-refractivity contribution is -0.117. The van der Waals surface area contributed by atoms with Gasteiger partial charge in [0.05, 0.1) is 17.9 Å². The van der Waals surface area contributed by atoms with Crippen molar-refractivity contribution >= 4 is 11.6 Å². The molecule has 2 heterocycles. The lowest BCUT2D eigenvalue weighted by Crippen LogP contribution is -2.39. The average molecular weight is 342 g/mol. The van der Waals surface area contributed by atoms with E-state index in [4.69, 9.17) is 0 Å². The Hall–Kier alpha value is -2.34. The number of carbonyl (C=O) groups excluding carboxylic acids is 1. The molecule has 25 heavy (non-hydrogen) atoms. The van der Waals surface area contributed by atoms with Gasteiger partial charge >= 0.3 is 0 Å². The number of amides is 1. The lowest BCUT2D eigenvalue weighted by Gasteiger charge is -2.29. The van der Waals surface area contributed by atoms with Crippen LogP contribution < -0.4 is 10.9 Å². The molecule has 0 unspecified atom stereocenters. The Labute approximate surface area is 148 Å². The average Bonchev–Trinajstić information content (AvgIpc) is 2.81. The number of piperidine rings is 1. The first kappa shape index (κ1) is 17.5. The standard InChI is InChI=1S/C19H26N4O2/c1-14-9-11-22(12-10-14)13-17(24)20-18-15(2)21(3)23(19(18)25)16-7-5-4-6-8-16/h4-8,14H,9-13H2,1-3H3,(H,20,24). The molecule has 0 aliphatic carbocycles. The number of hydrogen-bond donors (Lipinski definition) is 1. The summed E-state index contributed by atoms with van der Waals surface area (Å²) in [7, 11) is 1.82. The molecule has 1 N–H and O–H groups in total. The van der Waals surface area contributed by atoms with E-state index in [1.165, 1.54) is 0 Å². The second-order valence-electron chi connectivity index (χ2n) is 6.94. The Morgan fingerprint density at radius 1 is 1.20 bits per heavy atom. The van der Waals surface area contributed by atoms with Crippen LogP contribution in [-0.2, 0) is 11.8 Å². The molecular formula is C19H26N4O2. The second-order valence-corrected chi connectivity index (χ2v) is 6.94. The third kappa shape index (κ3) is 3.69. The molecule has 0 radical (unpaired) electrons. The zero-order valence-electron chi connectivity index (χ0n) is 15.2. The van der Waals surface area contributed by atoms with Gasteiger partial charge in [-0.3, -0.25) is 19.2 Å². The van der Waals surface area contributed by atoms with Gasteiger partial charge in [0, 0.05) is 7.05 Å². The fraction of sp³-hybridized carbons (Fsp3) is 0.474. The Morgan fingerprint density at radius 3 is 2.48 bits per heavy atom. The van der Waals surface area contributed by atoms with Gasteiger partial charge in [0.1, 0.15) is 5.69 Å². The highest BCUT2D eigenvalue weighted by atomic mass is 16.2. The van der Waals surface area contributed by atoms with E-state index in [0.717, 1.165) is 43.2 Å². The molecule has 2 aromatic rings. The van der Waals surface area contributed by atoms with Crippen LogP contribution in [0.2, 0.25) is 0 Å². The third-order valence-electron chi connectivity index (χ3n) is 5.06. The van der Waals surface area contributed by atoms with E-state index >= 15 is 0 Å². The Bertz CT molecular complexity index is 799. The van der Waals surface area contributed by atoms with Crippen LogP contribution in [0.4, 0.5) is 5.69 Å². The Morgan fingerprint density at radius 2 is 1.84 bits per heavy atom. The molecule has 3 rings (SSSR count).